The monoisotopic (exact) mass is 333 g/mol. The van der Waals surface area contributed by atoms with Gasteiger partial charge in [-0.2, -0.15) is 0 Å². The van der Waals surface area contributed by atoms with Crippen LogP contribution in [0.1, 0.15) is 17.2 Å². The smallest absolute Gasteiger partial charge is 0.0500 e. The van der Waals surface area contributed by atoms with Crippen molar-refractivity contribution in [1.29, 1.82) is 0 Å². The van der Waals surface area contributed by atoms with Crippen LogP contribution in [0.5, 0.6) is 0 Å². The lowest BCUT2D eigenvalue weighted by atomic mass is 9.99. The van der Waals surface area contributed by atoms with Crippen LogP contribution in [0.15, 0.2) is 53.0 Å². The van der Waals surface area contributed by atoms with E-state index in [1.165, 1.54) is 16.8 Å². The highest BCUT2D eigenvalue weighted by atomic mass is 79.9. The quantitative estimate of drug-likeness (QED) is 0.651. The number of nitrogens with two attached hydrogens (primary N) is 1. The van der Waals surface area contributed by atoms with Crippen molar-refractivity contribution >= 4 is 21.6 Å². The molecule has 0 amide bonds. The average Bonchev–Trinajstić information content (AvgIpc) is 2.45. The molecule has 0 heterocycles. The first-order valence-corrected chi connectivity index (χ1v) is 7.37. The second-order valence-electron chi connectivity index (χ2n) is 5.04. The van der Waals surface area contributed by atoms with E-state index >= 15 is 0 Å². The summed E-state index contributed by atoms with van der Waals surface area (Å²) in [5, 5.41) is 0. The van der Waals surface area contributed by atoms with Gasteiger partial charge in [0.1, 0.15) is 0 Å². The minimum atomic E-state index is 0.112. The molecular weight excluding hydrogens is 314 g/mol. The number of halogens is 1. The zero-order valence-electron chi connectivity index (χ0n) is 11.8. The van der Waals surface area contributed by atoms with Crippen molar-refractivity contribution in [2.75, 3.05) is 19.0 Å². The lowest BCUT2D eigenvalue weighted by Gasteiger charge is -2.18. The Balaban J connectivity index is 2.15. The lowest BCUT2D eigenvalue weighted by molar-refractivity contribution is 0.552. The molecule has 2 rings (SSSR count). The topological polar surface area (TPSA) is 41.3 Å². The number of hydrazine groups is 1. The van der Waals surface area contributed by atoms with Crippen molar-refractivity contribution in [2.45, 2.75) is 12.5 Å². The highest BCUT2D eigenvalue weighted by Crippen LogP contribution is 2.22. The zero-order chi connectivity index (χ0) is 14.5. The summed E-state index contributed by atoms with van der Waals surface area (Å²) in [6.07, 6.45) is 0.858. The summed E-state index contributed by atoms with van der Waals surface area (Å²) in [5.74, 6) is 5.72. The minimum absolute atomic E-state index is 0.112. The summed E-state index contributed by atoms with van der Waals surface area (Å²) in [5.41, 5.74) is 6.53. The fourth-order valence-electron chi connectivity index (χ4n) is 2.18. The largest absolute Gasteiger partial charge is 0.378 e. The first kappa shape index (κ1) is 15.0. The maximum absolute atomic E-state index is 5.72. The zero-order valence-corrected chi connectivity index (χ0v) is 13.4. The molecule has 0 aliphatic heterocycles. The Bertz CT molecular complexity index is 552. The van der Waals surface area contributed by atoms with Crippen LogP contribution in [-0.4, -0.2) is 14.1 Å². The van der Waals surface area contributed by atoms with Crippen molar-refractivity contribution in [3.63, 3.8) is 0 Å². The number of anilines is 1. The molecule has 2 aromatic rings. The van der Waals surface area contributed by atoms with Crippen molar-refractivity contribution in [1.82, 2.24) is 5.43 Å². The Morgan fingerprint density at radius 1 is 1.15 bits per heavy atom. The standard InChI is InChI=1S/C16H20BrN3/c1-20(2)15-8-6-13(7-9-15)16(19-18)11-12-4-3-5-14(17)10-12/h3-10,16,19H,11,18H2,1-2H3. The Morgan fingerprint density at radius 2 is 1.85 bits per heavy atom. The third-order valence-electron chi connectivity index (χ3n) is 3.34. The van der Waals surface area contributed by atoms with Crippen LogP contribution in [0.3, 0.4) is 0 Å². The van der Waals surface area contributed by atoms with E-state index in [4.69, 9.17) is 5.84 Å². The van der Waals surface area contributed by atoms with Crippen LogP contribution in [-0.2, 0) is 6.42 Å². The second kappa shape index (κ2) is 6.88. The van der Waals surface area contributed by atoms with Crippen molar-refractivity contribution in [2.24, 2.45) is 5.84 Å². The molecule has 20 heavy (non-hydrogen) atoms. The molecule has 0 saturated heterocycles. The Hall–Kier alpha value is -1.36. The number of benzene rings is 2. The molecule has 3 N–H and O–H groups in total. The van der Waals surface area contributed by atoms with E-state index in [9.17, 15) is 0 Å². The number of hydrogen-bond donors (Lipinski definition) is 2. The maximum atomic E-state index is 5.72. The third-order valence-corrected chi connectivity index (χ3v) is 3.84. The van der Waals surface area contributed by atoms with Crippen molar-refractivity contribution in [3.05, 3.63) is 64.1 Å². The molecule has 106 valence electrons. The predicted octanol–water partition coefficient (Wildman–Crippen LogP) is 3.26. The van der Waals surface area contributed by atoms with E-state index in [-0.39, 0.29) is 6.04 Å². The van der Waals surface area contributed by atoms with Crippen LogP contribution >= 0.6 is 15.9 Å². The predicted molar refractivity (Wildman–Crippen MR) is 88.7 cm³/mol. The Labute approximate surface area is 128 Å². The molecular formula is C16H20BrN3. The van der Waals surface area contributed by atoms with E-state index in [2.05, 4.69) is 62.7 Å². The fraction of sp³-hybridized carbons (Fsp3) is 0.250. The molecule has 3 nitrogen and oxygen atoms in total. The second-order valence-corrected chi connectivity index (χ2v) is 5.95. The molecule has 0 aliphatic carbocycles. The normalized spacial score (nSPS) is 12.2. The number of hydrogen-bond acceptors (Lipinski definition) is 3. The average molecular weight is 334 g/mol. The summed E-state index contributed by atoms with van der Waals surface area (Å²) in [6.45, 7) is 0. The molecule has 0 aromatic heterocycles. The molecule has 0 spiro atoms. The number of rotatable bonds is 5. The van der Waals surface area contributed by atoms with E-state index < -0.39 is 0 Å². The molecule has 0 fully saturated rings. The van der Waals surface area contributed by atoms with Crippen molar-refractivity contribution in [3.8, 4) is 0 Å². The Morgan fingerprint density at radius 3 is 2.40 bits per heavy atom. The molecule has 0 radical (unpaired) electrons. The van der Waals surface area contributed by atoms with Crippen LogP contribution in [0.25, 0.3) is 0 Å². The summed E-state index contributed by atoms with van der Waals surface area (Å²) >= 11 is 3.50. The van der Waals surface area contributed by atoms with E-state index in [1.54, 1.807) is 0 Å². The summed E-state index contributed by atoms with van der Waals surface area (Å²) in [7, 11) is 4.07. The molecule has 2 aromatic carbocycles. The molecule has 0 bridgehead atoms. The maximum Gasteiger partial charge on any atom is 0.0500 e. The number of nitrogens with zero attached hydrogens (tertiary/aromatic N) is 1. The number of nitrogens with one attached hydrogen (secondary N) is 1. The first-order valence-electron chi connectivity index (χ1n) is 6.58. The van der Waals surface area contributed by atoms with Gasteiger partial charge < -0.3 is 4.90 Å². The van der Waals surface area contributed by atoms with E-state index in [0.29, 0.717) is 0 Å². The Kier molecular flexibility index (Phi) is 5.17. The molecule has 1 atom stereocenters. The molecule has 4 heteroatoms. The van der Waals surface area contributed by atoms with Gasteiger partial charge in [-0.15, -0.1) is 0 Å². The molecule has 1 unspecified atom stereocenters. The molecule has 0 aliphatic rings. The van der Waals surface area contributed by atoms with Crippen LogP contribution in [0, 0.1) is 0 Å². The molecule has 0 saturated carbocycles. The fourth-order valence-corrected chi connectivity index (χ4v) is 2.62. The van der Waals surface area contributed by atoms with E-state index in [1.807, 2.05) is 26.2 Å². The third kappa shape index (κ3) is 3.82. The summed E-state index contributed by atoms with van der Waals surface area (Å²) in [6, 6.07) is 16.9. The van der Waals surface area contributed by atoms with Crippen LogP contribution < -0.4 is 16.2 Å². The van der Waals surface area contributed by atoms with Crippen LogP contribution in [0.4, 0.5) is 5.69 Å². The van der Waals surface area contributed by atoms with Crippen molar-refractivity contribution < 1.29 is 0 Å². The summed E-state index contributed by atoms with van der Waals surface area (Å²) < 4.78 is 1.09. The van der Waals surface area contributed by atoms with Gasteiger partial charge in [-0.1, -0.05) is 40.2 Å². The first-order chi connectivity index (χ1) is 9.60. The van der Waals surface area contributed by atoms with E-state index in [0.717, 1.165) is 10.9 Å². The van der Waals surface area contributed by atoms with Gasteiger partial charge in [0.15, 0.2) is 0 Å². The summed E-state index contributed by atoms with van der Waals surface area (Å²) in [4.78, 5) is 2.09. The minimum Gasteiger partial charge on any atom is -0.378 e. The van der Waals surface area contributed by atoms with Gasteiger partial charge in [0.2, 0.25) is 0 Å². The van der Waals surface area contributed by atoms with Gasteiger partial charge in [0.25, 0.3) is 0 Å². The SMILES string of the molecule is CN(C)c1ccc(C(Cc2cccc(Br)c2)NN)cc1. The van der Waals surface area contributed by atoms with Gasteiger partial charge in [0.05, 0.1) is 0 Å². The van der Waals surface area contributed by atoms with Gasteiger partial charge in [-0.25, -0.2) is 0 Å². The highest BCUT2D eigenvalue weighted by molar-refractivity contribution is 9.10. The van der Waals surface area contributed by atoms with Gasteiger partial charge in [0, 0.05) is 30.3 Å². The van der Waals surface area contributed by atoms with Gasteiger partial charge in [-0.05, 0) is 41.8 Å². The van der Waals surface area contributed by atoms with Crippen LogP contribution in [0.2, 0.25) is 0 Å². The van der Waals surface area contributed by atoms with Gasteiger partial charge in [-0.3, -0.25) is 11.3 Å². The lowest BCUT2D eigenvalue weighted by Crippen LogP contribution is -2.29. The van der Waals surface area contributed by atoms with Gasteiger partial charge >= 0.3 is 0 Å². The highest BCUT2D eigenvalue weighted by Gasteiger charge is 2.11.